The molecular formula is C27H34N2O2. The zero-order valence-corrected chi connectivity index (χ0v) is 18.4. The lowest BCUT2D eigenvalue weighted by molar-refractivity contribution is 0.0697. The van der Waals surface area contributed by atoms with Gasteiger partial charge in [0.1, 0.15) is 0 Å². The van der Waals surface area contributed by atoms with Crippen LogP contribution in [-0.4, -0.2) is 29.2 Å². The molecule has 4 rings (SSSR count). The number of carbonyl (C=O) groups is 1. The fourth-order valence-corrected chi connectivity index (χ4v) is 4.82. The van der Waals surface area contributed by atoms with Crippen molar-refractivity contribution in [1.82, 2.24) is 10.6 Å². The van der Waals surface area contributed by atoms with E-state index < -0.39 is 5.97 Å². The van der Waals surface area contributed by atoms with Crippen LogP contribution in [0, 0.1) is 5.92 Å². The Morgan fingerprint density at radius 2 is 1.68 bits per heavy atom. The molecule has 2 aliphatic rings. The molecule has 0 saturated heterocycles. The van der Waals surface area contributed by atoms with Gasteiger partial charge in [-0.05, 0) is 67.7 Å². The zero-order valence-electron chi connectivity index (χ0n) is 18.4. The van der Waals surface area contributed by atoms with Gasteiger partial charge >= 0.3 is 5.97 Å². The Kier molecular flexibility index (Phi) is 7.21. The van der Waals surface area contributed by atoms with Crippen molar-refractivity contribution in [2.75, 3.05) is 0 Å². The minimum atomic E-state index is -0.871. The number of carboxylic acid groups (broad SMARTS) is 1. The van der Waals surface area contributed by atoms with E-state index in [0.29, 0.717) is 29.6 Å². The number of nitrogens with one attached hydrogen (secondary N) is 2. The summed E-state index contributed by atoms with van der Waals surface area (Å²) in [5.41, 5.74) is 4.38. The summed E-state index contributed by atoms with van der Waals surface area (Å²) in [4.78, 5) is 11.0. The molecule has 0 heterocycles. The Morgan fingerprint density at radius 3 is 2.32 bits per heavy atom. The third-order valence-corrected chi connectivity index (χ3v) is 6.80. The van der Waals surface area contributed by atoms with Crippen LogP contribution in [0.4, 0.5) is 0 Å². The van der Waals surface area contributed by atoms with Crippen LogP contribution in [0.15, 0.2) is 60.2 Å². The molecule has 1 unspecified atom stereocenters. The minimum absolute atomic E-state index is 0.346. The van der Waals surface area contributed by atoms with Gasteiger partial charge in [0.2, 0.25) is 0 Å². The van der Waals surface area contributed by atoms with Gasteiger partial charge in [-0.2, -0.15) is 0 Å². The van der Waals surface area contributed by atoms with Crippen molar-refractivity contribution < 1.29 is 9.90 Å². The molecule has 4 nitrogen and oxygen atoms in total. The number of aromatic carboxylic acids is 1. The van der Waals surface area contributed by atoms with Crippen LogP contribution in [0.5, 0.6) is 0 Å². The minimum Gasteiger partial charge on any atom is -0.478 e. The van der Waals surface area contributed by atoms with Crippen LogP contribution in [0.25, 0.3) is 6.08 Å². The van der Waals surface area contributed by atoms with Crippen LogP contribution in [-0.2, 0) is 6.54 Å². The van der Waals surface area contributed by atoms with E-state index in [-0.39, 0.29) is 0 Å². The molecule has 0 amide bonds. The quantitative estimate of drug-likeness (QED) is 0.520. The van der Waals surface area contributed by atoms with E-state index >= 15 is 0 Å². The first-order chi connectivity index (χ1) is 15.1. The van der Waals surface area contributed by atoms with Crippen LogP contribution < -0.4 is 10.6 Å². The van der Waals surface area contributed by atoms with E-state index in [1.54, 1.807) is 17.7 Å². The van der Waals surface area contributed by atoms with Crippen LogP contribution in [0.3, 0.4) is 0 Å². The van der Waals surface area contributed by atoms with E-state index in [1.807, 2.05) is 12.1 Å². The SMILES string of the molecule is CC/C(=C\c1ccccc1)[C@@H]1CC1NC1CCC(NCc2ccc(C(=O)O)cc2)CC1. The normalized spacial score (nSPS) is 25.9. The molecule has 164 valence electrons. The molecule has 2 fully saturated rings. The maximum atomic E-state index is 11.0. The van der Waals surface area contributed by atoms with Gasteiger partial charge < -0.3 is 15.7 Å². The summed E-state index contributed by atoms with van der Waals surface area (Å²) >= 11 is 0. The van der Waals surface area contributed by atoms with E-state index in [0.717, 1.165) is 18.5 Å². The Morgan fingerprint density at radius 1 is 1.00 bits per heavy atom. The molecule has 2 aromatic carbocycles. The predicted molar refractivity (Wildman–Crippen MR) is 126 cm³/mol. The fourth-order valence-electron chi connectivity index (χ4n) is 4.82. The predicted octanol–water partition coefficient (Wildman–Crippen LogP) is 5.26. The zero-order chi connectivity index (χ0) is 21.6. The van der Waals surface area contributed by atoms with E-state index in [2.05, 4.69) is 54.0 Å². The highest BCUT2D eigenvalue weighted by atomic mass is 16.4. The Labute approximate surface area is 185 Å². The average Bonchev–Trinajstić information content (AvgIpc) is 3.56. The lowest BCUT2D eigenvalue weighted by Crippen LogP contribution is -2.40. The molecule has 2 aliphatic carbocycles. The highest BCUT2D eigenvalue weighted by molar-refractivity contribution is 5.87. The summed E-state index contributed by atoms with van der Waals surface area (Å²) in [6.07, 6.45) is 9.63. The molecule has 0 radical (unpaired) electrons. The van der Waals surface area contributed by atoms with Gasteiger partial charge in [-0.15, -0.1) is 0 Å². The monoisotopic (exact) mass is 418 g/mol. The van der Waals surface area contributed by atoms with Gasteiger partial charge in [0.25, 0.3) is 0 Å². The summed E-state index contributed by atoms with van der Waals surface area (Å²) in [5.74, 6) is -0.167. The van der Waals surface area contributed by atoms with Crippen molar-refractivity contribution in [3.05, 3.63) is 76.9 Å². The Balaban J connectivity index is 1.18. The first-order valence-corrected chi connectivity index (χ1v) is 11.7. The highest BCUT2D eigenvalue weighted by Gasteiger charge is 2.40. The standard InChI is InChI=1S/C27H34N2O2/c1-2-21(16-19-6-4-3-5-7-19)25-17-26(25)29-24-14-12-23(13-15-24)28-18-20-8-10-22(11-9-20)27(30)31/h3-11,16,23-26,28-29H,2,12-15,17-18H2,1H3,(H,30,31)/b21-16+/t23?,24?,25-,26?/m0/s1. The van der Waals surface area contributed by atoms with E-state index in [9.17, 15) is 4.79 Å². The van der Waals surface area contributed by atoms with Crippen molar-refractivity contribution in [3.63, 3.8) is 0 Å². The molecule has 0 spiro atoms. The molecule has 2 atom stereocenters. The fraction of sp³-hybridized carbons (Fsp3) is 0.444. The third kappa shape index (κ3) is 6.05. The van der Waals surface area contributed by atoms with Gasteiger partial charge in [-0.3, -0.25) is 0 Å². The molecule has 0 bridgehead atoms. The summed E-state index contributed by atoms with van der Waals surface area (Å²) in [6, 6.07) is 19.7. The van der Waals surface area contributed by atoms with Crippen molar-refractivity contribution in [1.29, 1.82) is 0 Å². The van der Waals surface area contributed by atoms with Crippen molar-refractivity contribution in [3.8, 4) is 0 Å². The third-order valence-electron chi connectivity index (χ3n) is 6.80. The van der Waals surface area contributed by atoms with Crippen LogP contribution in [0.1, 0.15) is 66.9 Å². The lowest BCUT2D eigenvalue weighted by Gasteiger charge is -2.30. The highest BCUT2D eigenvalue weighted by Crippen LogP contribution is 2.40. The van der Waals surface area contributed by atoms with Crippen LogP contribution in [0.2, 0.25) is 0 Å². The summed E-state index contributed by atoms with van der Waals surface area (Å²) in [6.45, 7) is 3.08. The molecule has 0 aromatic heterocycles. The average molecular weight is 419 g/mol. The molecule has 4 heteroatoms. The molecule has 0 aliphatic heterocycles. The first kappa shape index (κ1) is 21.8. The molecular weight excluding hydrogens is 384 g/mol. The lowest BCUT2D eigenvalue weighted by atomic mass is 9.91. The molecule has 2 aromatic rings. The summed E-state index contributed by atoms with van der Waals surface area (Å²) in [5, 5.41) is 16.6. The summed E-state index contributed by atoms with van der Waals surface area (Å²) < 4.78 is 0. The second-order valence-electron chi connectivity index (χ2n) is 9.03. The smallest absolute Gasteiger partial charge is 0.335 e. The number of carboxylic acids is 1. The molecule has 2 saturated carbocycles. The van der Waals surface area contributed by atoms with Crippen molar-refractivity contribution >= 4 is 12.0 Å². The molecule has 3 N–H and O–H groups in total. The topological polar surface area (TPSA) is 61.4 Å². The van der Waals surface area contributed by atoms with Gasteiger partial charge in [0.15, 0.2) is 0 Å². The van der Waals surface area contributed by atoms with Crippen LogP contribution >= 0.6 is 0 Å². The van der Waals surface area contributed by atoms with E-state index in [1.165, 1.54) is 37.7 Å². The number of hydrogen-bond donors (Lipinski definition) is 3. The first-order valence-electron chi connectivity index (χ1n) is 11.7. The van der Waals surface area contributed by atoms with Gasteiger partial charge in [0, 0.05) is 24.7 Å². The Bertz CT molecular complexity index is 883. The number of benzene rings is 2. The van der Waals surface area contributed by atoms with Gasteiger partial charge in [-0.25, -0.2) is 4.79 Å². The van der Waals surface area contributed by atoms with Crippen molar-refractivity contribution in [2.24, 2.45) is 5.92 Å². The van der Waals surface area contributed by atoms with Crippen molar-refractivity contribution in [2.45, 2.75) is 70.1 Å². The molecule has 31 heavy (non-hydrogen) atoms. The van der Waals surface area contributed by atoms with Gasteiger partial charge in [-0.1, -0.05) is 61.0 Å². The van der Waals surface area contributed by atoms with E-state index in [4.69, 9.17) is 5.11 Å². The maximum absolute atomic E-state index is 11.0. The maximum Gasteiger partial charge on any atom is 0.335 e. The number of hydrogen-bond acceptors (Lipinski definition) is 3. The second kappa shape index (κ2) is 10.3. The Hall–Kier alpha value is -2.43. The summed E-state index contributed by atoms with van der Waals surface area (Å²) in [7, 11) is 0. The largest absolute Gasteiger partial charge is 0.478 e. The number of rotatable bonds is 9. The van der Waals surface area contributed by atoms with Gasteiger partial charge in [0.05, 0.1) is 5.56 Å². The second-order valence-corrected chi connectivity index (χ2v) is 9.03.